The number of rotatable bonds is 4. The summed E-state index contributed by atoms with van der Waals surface area (Å²) < 4.78 is 1.80. The third kappa shape index (κ3) is 3.83. The lowest BCUT2D eigenvalue weighted by atomic mass is 10.00. The molecule has 2 aliphatic heterocycles. The highest BCUT2D eigenvalue weighted by Gasteiger charge is 2.33. The standard InChI is InChI=1S/C24H26N6O/c1-18-10-12-20(13-11-18)21-16-22(19-8-4-2-5-9-19)30-24(25-26-27-30)29(21)17-23(31)28-14-6-3-7-15-28/h2,4-5,8-13,16,22H,3,6-7,14-15,17H2,1H3/t22-/m1/s1. The molecule has 1 atom stereocenters. The average Bonchev–Trinajstić information content (AvgIpc) is 3.31. The quantitative estimate of drug-likeness (QED) is 0.654. The highest BCUT2D eigenvalue weighted by atomic mass is 16.2. The Morgan fingerprint density at radius 3 is 2.48 bits per heavy atom. The van der Waals surface area contributed by atoms with Gasteiger partial charge in [-0.25, -0.2) is 0 Å². The highest BCUT2D eigenvalue weighted by molar-refractivity contribution is 5.89. The summed E-state index contributed by atoms with van der Waals surface area (Å²) in [6, 6.07) is 18.4. The third-order valence-corrected chi connectivity index (χ3v) is 6.08. The van der Waals surface area contributed by atoms with E-state index in [1.807, 2.05) is 28.0 Å². The molecule has 7 nitrogen and oxygen atoms in total. The summed E-state index contributed by atoms with van der Waals surface area (Å²) in [5, 5.41) is 12.5. The van der Waals surface area contributed by atoms with Gasteiger partial charge in [0, 0.05) is 13.1 Å². The van der Waals surface area contributed by atoms with E-state index in [-0.39, 0.29) is 18.5 Å². The number of piperidine rings is 1. The van der Waals surface area contributed by atoms with Gasteiger partial charge < -0.3 is 4.90 Å². The van der Waals surface area contributed by atoms with Crippen LogP contribution in [0.1, 0.15) is 42.0 Å². The Labute approximate surface area is 182 Å². The number of hydrogen-bond donors (Lipinski definition) is 0. The van der Waals surface area contributed by atoms with Crippen molar-refractivity contribution in [1.29, 1.82) is 0 Å². The van der Waals surface area contributed by atoms with Crippen LogP contribution in [0.25, 0.3) is 5.70 Å². The molecule has 0 radical (unpaired) electrons. The topological polar surface area (TPSA) is 67.2 Å². The first-order valence-corrected chi connectivity index (χ1v) is 10.9. The molecular weight excluding hydrogens is 388 g/mol. The molecule has 1 fully saturated rings. The Balaban J connectivity index is 1.56. The molecule has 0 unspecified atom stereocenters. The van der Waals surface area contributed by atoms with Crippen LogP contribution in [-0.2, 0) is 4.79 Å². The van der Waals surface area contributed by atoms with Gasteiger partial charge in [0.25, 0.3) is 5.95 Å². The van der Waals surface area contributed by atoms with E-state index in [0.29, 0.717) is 5.95 Å². The summed E-state index contributed by atoms with van der Waals surface area (Å²) in [5.41, 5.74) is 4.30. The van der Waals surface area contributed by atoms with Gasteiger partial charge in [-0.15, -0.1) is 0 Å². The molecule has 31 heavy (non-hydrogen) atoms. The fraction of sp³-hybridized carbons (Fsp3) is 0.333. The number of nitrogens with zero attached hydrogens (tertiary/aromatic N) is 6. The maximum absolute atomic E-state index is 13.2. The molecule has 1 saturated heterocycles. The van der Waals surface area contributed by atoms with E-state index in [9.17, 15) is 4.79 Å². The summed E-state index contributed by atoms with van der Waals surface area (Å²) in [4.78, 5) is 17.1. The molecular formula is C24H26N6O. The second kappa shape index (κ2) is 8.34. The second-order valence-electron chi connectivity index (χ2n) is 8.22. The Kier molecular flexibility index (Phi) is 5.24. The van der Waals surface area contributed by atoms with Crippen molar-refractivity contribution in [2.45, 2.75) is 32.2 Å². The van der Waals surface area contributed by atoms with Crippen molar-refractivity contribution in [1.82, 2.24) is 25.1 Å². The number of carbonyl (C=O) groups is 1. The molecule has 158 valence electrons. The maximum atomic E-state index is 13.2. The zero-order valence-corrected chi connectivity index (χ0v) is 17.7. The van der Waals surface area contributed by atoms with Gasteiger partial charge in [0.15, 0.2) is 0 Å². The van der Waals surface area contributed by atoms with Crippen molar-refractivity contribution in [3.8, 4) is 0 Å². The number of anilines is 1. The Hall–Kier alpha value is -3.48. The Morgan fingerprint density at radius 1 is 1.00 bits per heavy atom. The van der Waals surface area contributed by atoms with E-state index in [2.05, 4.69) is 64.9 Å². The molecule has 0 N–H and O–H groups in total. The van der Waals surface area contributed by atoms with Gasteiger partial charge in [-0.3, -0.25) is 9.69 Å². The number of allylic oxidation sites excluding steroid dienone is 1. The normalized spacial score (nSPS) is 18.5. The minimum absolute atomic E-state index is 0.116. The van der Waals surface area contributed by atoms with Crippen LogP contribution in [0.5, 0.6) is 0 Å². The van der Waals surface area contributed by atoms with Gasteiger partial charge in [0.2, 0.25) is 5.91 Å². The van der Waals surface area contributed by atoms with Crippen molar-refractivity contribution in [3.05, 3.63) is 77.4 Å². The summed E-state index contributed by atoms with van der Waals surface area (Å²) in [7, 11) is 0. The smallest absolute Gasteiger partial charge is 0.251 e. The molecule has 0 saturated carbocycles. The second-order valence-corrected chi connectivity index (χ2v) is 8.22. The predicted octanol–water partition coefficient (Wildman–Crippen LogP) is 3.44. The Morgan fingerprint density at radius 2 is 1.74 bits per heavy atom. The fourth-order valence-corrected chi connectivity index (χ4v) is 4.36. The van der Waals surface area contributed by atoms with Crippen LogP contribution in [0.2, 0.25) is 0 Å². The largest absolute Gasteiger partial charge is 0.341 e. The summed E-state index contributed by atoms with van der Waals surface area (Å²) in [6.07, 6.45) is 5.49. The van der Waals surface area contributed by atoms with Crippen molar-refractivity contribution in [2.24, 2.45) is 0 Å². The maximum Gasteiger partial charge on any atom is 0.251 e. The van der Waals surface area contributed by atoms with Crippen LogP contribution >= 0.6 is 0 Å². The van der Waals surface area contributed by atoms with E-state index in [0.717, 1.165) is 42.8 Å². The number of fused-ring (bicyclic) bond motifs is 1. The molecule has 2 aliphatic rings. The first-order valence-electron chi connectivity index (χ1n) is 10.9. The van der Waals surface area contributed by atoms with Gasteiger partial charge in [0.05, 0.1) is 5.70 Å². The first kappa shape index (κ1) is 19.5. The van der Waals surface area contributed by atoms with Crippen molar-refractivity contribution >= 4 is 17.6 Å². The number of tetrazole rings is 1. The van der Waals surface area contributed by atoms with Crippen molar-refractivity contribution in [3.63, 3.8) is 0 Å². The number of carbonyl (C=O) groups excluding carboxylic acids is 1. The number of likely N-dealkylation sites (tertiary alicyclic amines) is 1. The van der Waals surface area contributed by atoms with E-state index < -0.39 is 0 Å². The first-order chi connectivity index (χ1) is 15.2. The van der Waals surface area contributed by atoms with Crippen LogP contribution in [0.15, 0.2) is 60.7 Å². The minimum Gasteiger partial charge on any atom is -0.341 e. The van der Waals surface area contributed by atoms with E-state index in [4.69, 9.17) is 0 Å². The lowest BCUT2D eigenvalue weighted by molar-refractivity contribution is -0.130. The molecule has 0 spiro atoms. The predicted molar refractivity (Wildman–Crippen MR) is 119 cm³/mol. The zero-order chi connectivity index (χ0) is 21.2. The molecule has 0 aliphatic carbocycles. The lowest BCUT2D eigenvalue weighted by Crippen LogP contribution is -2.44. The van der Waals surface area contributed by atoms with Gasteiger partial charge in [-0.1, -0.05) is 65.3 Å². The molecule has 1 aromatic heterocycles. The van der Waals surface area contributed by atoms with E-state index >= 15 is 0 Å². The van der Waals surface area contributed by atoms with Crippen LogP contribution in [0.3, 0.4) is 0 Å². The molecule has 3 heterocycles. The number of aryl methyl sites for hydroxylation is 1. The molecule has 1 amide bonds. The van der Waals surface area contributed by atoms with Gasteiger partial charge in [-0.2, -0.15) is 4.68 Å². The molecule has 0 bridgehead atoms. The Bertz CT molecular complexity index is 1080. The van der Waals surface area contributed by atoms with Gasteiger partial charge in [-0.05, 0) is 53.8 Å². The minimum atomic E-state index is -0.135. The van der Waals surface area contributed by atoms with Crippen LogP contribution in [0.4, 0.5) is 5.95 Å². The monoisotopic (exact) mass is 414 g/mol. The SMILES string of the molecule is Cc1ccc(C2=C[C@H](c3ccccc3)n3nnnc3N2CC(=O)N2CCCCC2)cc1. The number of hydrogen-bond acceptors (Lipinski definition) is 5. The van der Waals surface area contributed by atoms with E-state index in [1.54, 1.807) is 4.68 Å². The lowest BCUT2D eigenvalue weighted by Gasteiger charge is -2.35. The summed E-state index contributed by atoms with van der Waals surface area (Å²) >= 11 is 0. The molecule has 5 rings (SSSR count). The summed E-state index contributed by atoms with van der Waals surface area (Å²) in [5.74, 6) is 0.711. The zero-order valence-electron chi connectivity index (χ0n) is 17.7. The fourth-order valence-electron chi connectivity index (χ4n) is 4.36. The third-order valence-electron chi connectivity index (χ3n) is 6.08. The average molecular weight is 415 g/mol. The number of amides is 1. The molecule has 3 aromatic rings. The van der Waals surface area contributed by atoms with Gasteiger partial charge in [0.1, 0.15) is 12.6 Å². The van der Waals surface area contributed by atoms with Crippen molar-refractivity contribution in [2.75, 3.05) is 24.5 Å². The molecule has 2 aromatic carbocycles. The number of aromatic nitrogens is 4. The highest BCUT2D eigenvalue weighted by Crippen LogP contribution is 2.36. The van der Waals surface area contributed by atoms with Crippen LogP contribution < -0.4 is 4.90 Å². The number of benzene rings is 2. The van der Waals surface area contributed by atoms with Crippen LogP contribution in [0, 0.1) is 6.92 Å². The summed E-state index contributed by atoms with van der Waals surface area (Å²) in [6.45, 7) is 3.95. The van der Waals surface area contributed by atoms with Crippen LogP contribution in [-0.4, -0.2) is 50.6 Å². The molecule has 7 heteroatoms. The van der Waals surface area contributed by atoms with E-state index in [1.165, 1.54) is 12.0 Å². The van der Waals surface area contributed by atoms with Crippen molar-refractivity contribution < 1.29 is 4.79 Å². The van der Waals surface area contributed by atoms with Gasteiger partial charge >= 0.3 is 0 Å².